The molecule has 1 unspecified atom stereocenters. The van der Waals surface area contributed by atoms with Crippen LogP contribution in [-0.4, -0.2) is 39.4 Å². The zero-order valence-corrected chi connectivity index (χ0v) is 13.3. The van der Waals surface area contributed by atoms with Gasteiger partial charge in [-0.1, -0.05) is 17.9 Å². The Bertz CT molecular complexity index is 629. The second kappa shape index (κ2) is 8.15. The number of rotatable bonds is 6. The molecule has 1 rings (SSSR count). The lowest BCUT2D eigenvalue weighted by molar-refractivity contribution is 0.0799. The fourth-order valence-corrected chi connectivity index (χ4v) is 3.02. The van der Waals surface area contributed by atoms with Crippen LogP contribution in [0.5, 0.6) is 0 Å². The highest BCUT2D eigenvalue weighted by Gasteiger charge is 2.18. The monoisotopic (exact) mass is 311 g/mol. The van der Waals surface area contributed by atoms with Gasteiger partial charge in [-0.2, -0.15) is 0 Å². The van der Waals surface area contributed by atoms with E-state index in [1.165, 1.54) is 6.07 Å². The lowest BCUT2D eigenvalue weighted by atomic mass is 10.1. The average molecular weight is 311 g/mol. The maximum Gasteiger partial charge on any atom is 0.241 e. The van der Waals surface area contributed by atoms with Gasteiger partial charge in [0.1, 0.15) is 6.61 Å². The molecule has 0 bridgehead atoms. The highest BCUT2D eigenvalue weighted by Crippen LogP contribution is 2.16. The number of hydrogen-bond acceptors (Lipinski definition) is 4. The second-order valence-electron chi connectivity index (χ2n) is 4.58. The van der Waals surface area contributed by atoms with Gasteiger partial charge in [-0.15, -0.1) is 0 Å². The van der Waals surface area contributed by atoms with E-state index in [2.05, 4.69) is 16.6 Å². The molecular weight excluding hydrogens is 290 g/mol. The van der Waals surface area contributed by atoms with Crippen LogP contribution < -0.4 is 4.72 Å². The first kappa shape index (κ1) is 17.7. The Morgan fingerprint density at radius 1 is 1.43 bits per heavy atom. The summed E-state index contributed by atoms with van der Waals surface area (Å²) in [7, 11) is -3.67. The number of nitrogens with one attached hydrogen (secondary N) is 1. The summed E-state index contributed by atoms with van der Waals surface area (Å²) < 4.78 is 32.5. The maximum atomic E-state index is 12.3. The lowest BCUT2D eigenvalue weighted by Gasteiger charge is -2.14. The van der Waals surface area contributed by atoms with Crippen LogP contribution in [0.3, 0.4) is 0 Å². The van der Waals surface area contributed by atoms with Crippen molar-refractivity contribution >= 4 is 10.0 Å². The third-order valence-corrected chi connectivity index (χ3v) is 4.22. The van der Waals surface area contributed by atoms with Gasteiger partial charge in [-0.3, -0.25) is 0 Å². The van der Waals surface area contributed by atoms with Gasteiger partial charge in [0.25, 0.3) is 0 Å². The summed E-state index contributed by atoms with van der Waals surface area (Å²) in [5.41, 5.74) is 1.28. The standard InChI is InChI=1S/C15H21NO4S/c1-4-20-13(3)11-16-21(18,19)15-8-7-12(2)10-14(15)6-5-9-17/h7-8,10,13,16-17H,4,9,11H2,1-3H3. The predicted molar refractivity (Wildman–Crippen MR) is 81.4 cm³/mol. The first-order chi connectivity index (χ1) is 9.90. The molecule has 1 aromatic carbocycles. The molecule has 0 spiro atoms. The normalized spacial score (nSPS) is 12.6. The van der Waals surface area contributed by atoms with E-state index in [0.29, 0.717) is 12.2 Å². The number of benzene rings is 1. The van der Waals surface area contributed by atoms with Gasteiger partial charge in [0.2, 0.25) is 10.0 Å². The molecule has 1 aromatic rings. The van der Waals surface area contributed by atoms with Gasteiger partial charge in [0.05, 0.1) is 11.0 Å². The predicted octanol–water partition coefficient (Wildman–Crippen LogP) is 1.04. The molecule has 0 aliphatic rings. The second-order valence-corrected chi connectivity index (χ2v) is 6.31. The third-order valence-electron chi connectivity index (χ3n) is 2.74. The molecule has 0 amide bonds. The van der Waals surface area contributed by atoms with Crippen molar-refractivity contribution in [2.45, 2.75) is 31.8 Å². The highest BCUT2D eigenvalue weighted by atomic mass is 32.2. The zero-order chi connectivity index (χ0) is 15.9. The number of hydrogen-bond donors (Lipinski definition) is 2. The molecule has 6 heteroatoms. The Kier molecular flexibility index (Phi) is 6.85. The van der Waals surface area contributed by atoms with E-state index in [9.17, 15) is 8.42 Å². The molecule has 21 heavy (non-hydrogen) atoms. The third kappa shape index (κ3) is 5.48. The van der Waals surface area contributed by atoms with Crippen LogP contribution in [0.1, 0.15) is 25.0 Å². The van der Waals surface area contributed by atoms with E-state index in [-0.39, 0.29) is 24.2 Å². The van der Waals surface area contributed by atoms with Crippen LogP contribution in [-0.2, 0) is 14.8 Å². The van der Waals surface area contributed by atoms with Gasteiger partial charge in [0, 0.05) is 18.7 Å². The Morgan fingerprint density at radius 2 is 2.14 bits per heavy atom. The fraction of sp³-hybridized carbons (Fsp3) is 0.467. The maximum absolute atomic E-state index is 12.3. The van der Waals surface area contributed by atoms with Crippen LogP contribution in [0.15, 0.2) is 23.1 Å². The molecule has 116 valence electrons. The van der Waals surface area contributed by atoms with Crippen LogP contribution >= 0.6 is 0 Å². The lowest BCUT2D eigenvalue weighted by Crippen LogP contribution is -2.32. The van der Waals surface area contributed by atoms with Crippen LogP contribution in [0, 0.1) is 18.8 Å². The minimum atomic E-state index is -3.67. The SMILES string of the molecule is CCOC(C)CNS(=O)(=O)c1ccc(C)cc1C#CCO. The van der Waals surface area contributed by atoms with Crippen LogP contribution in [0.2, 0.25) is 0 Å². The van der Waals surface area contributed by atoms with E-state index in [1.807, 2.05) is 13.8 Å². The van der Waals surface area contributed by atoms with Gasteiger partial charge in [0.15, 0.2) is 0 Å². The van der Waals surface area contributed by atoms with E-state index in [1.54, 1.807) is 19.1 Å². The average Bonchev–Trinajstić information content (AvgIpc) is 2.43. The van der Waals surface area contributed by atoms with Crippen molar-refractivity contribution in [2.75, 3.05) is 19.8 Å². The molecular formula is C15H21NO4S. The smallest absolute Gasteiger partial charge is 0.241 e. The van der Waals surface area contributed by atoms with E-state index in [0.717, 1.165) is 5.56 Å². The number of sulfonamides is 1. The summed E-state index contributed by atoms with van der Waals surface area (Å²) in [6.07, 6.45) is -0.206. The molecule has 0 aliphatic heterocycles. The first-order valence-electron chi connectivity index (χ1n) is 6.72. The van der Waals surface area contributed by atoms with E-state index < -0.39 is 10.0 Å². The summed E-state index contributed by atoms with van der Waals surface area (Å²) in [6.45, 7) is 5.91. The Morgan fingerprint density at radius 3 is 2.76 bits per heavy atom. The van der Waals surface area contributed by atoms with Gasteiger partial charge in [-0.25, -0.2) is 13.1 Å². The van der Waals surface area contributed by atoms with E-state index in [4.69, 9.17) is 9.84 Å². The van der Waals surface area contributed by atoms with Crippen LogP contribution in [0.25, 0.3) is 0 Å². The minimum Gasteiger partial charge on any atom is -0.384 e. The Labute approximate surface area is 126 Å². The minimum absolute atomic E-state index is 0.109. The Balaban J connectivity index is 3.02. The molecule has 0 radical (unpaired) electrons. The van der Waals surface area contributed by atoms with Gasteiger partial charge < -0.3 is 9.84 Å². The topological polar surface area (TPSA) is 75.6 Å². The van der Waals surface area contributed by atoms with Crippen molar-refractivity contribution in [1.29, 1.82) is 0 Å². The van der Waals surface area contributed by atoms with Gasteiger partial charge >= 0.3 is 0 Å². The first-order valence-corrected chi connectivity index (χ1v) is 8.20. The summed E-state index contributed by atoms with van der Waals surface area (Å²) in [5, 5.41) is 8.77. The molecule has 0 fully saturated rings. The van der Waals surface area contributed by atoms with Crippen molar-refractivity contribution in [3.05, 3.63) is 29.3 Å². The Hall–Kier alpha value is -1.39. The number of ether oxygens (including phenoxy) is 1. The molecule has 5 nitrogen and oxygen atoms in total. The van der Waals surface area contributed by atoms with Crippen molar-refractivity contribution in [2.24, 2.45) is 0 Å². The number of aryl methyl sites for hydroxylation is 1. The number of aliphatic hydroxyl groups excluding tert-OH is 1. The van der Waals surface area contributed by atoms with Crippen molar-refractivity contribution in [3.63, 3.8) is 0 Å². The highest BCUT2D eigenvalue weighted by molar-refractivity contribution is 7.89. The van der Waals surface area contributed by atoms with Crippen LogP contribution in [0.4, 0.5) is 0 Å². The zero-order valence-electron chi connectivity index (χ0n) is 12.5. The van der Waals surface area contributed by atoms with Gasteiger partial charge in [-0.05, 0) is 38.5 Å². The molecule has 1 atom stereocenters. The van der Waals surface area contributed by atoms with Crippen molar-refractivity contribution in [3.8, 4) is 11.8 Å². The van der Waals surface area contributed by atoms with Crippen molar-refractivity contribution in [1.82, 2.24) is 4.72 Å². The molecule has 2 N–H and O–H groups in total. The molecule has 0 aromatic heterocycles. The summed E-state index contributed by atoms with van der Waals surface area (Å²) >= 11 is 0. The fourth-order valence-electron chi connectivity index (χ4n) is 1.76. The summed E-state index contributed by atoms with van der Waals surface area (Å²) in [5.74, 6) is 5.15. The molecule has 0 saturated carbocycles. The largest absolute Gasteiger partial charge is 0.384 e. The van der Waals surface area contributed by atoms with Crippen molar-refractivity contribution < 1.29 is 18.3 Å². The molecule has 0 aliphatic carbocycles. The quantitative estimate of drug-likeness (QED) is 0.770. The summed E-state index contributed by atoms with van der Waals surface area (Å²) in [6, 6.07) is 4.91. The number of aliphatic hydroxyl groups is 1. The molecule has 0 saturated heterocycles. The summed E-state index contributed by atoms with van der Waals surface area (Å²) in [4.78, 5) is 0.109. The molecule has 0 heterocycles. The van der Waals surface area contributed by atoms with E-state index >= 15 is 0 Å².